The van der Waals surface area contributed by atoms with Crippen molar-refractivity contribution < 1.29 is 14.7 Å². The molecule has 7 atom stereocenters. The molecule has 3 heteroatoms. The van der Waals surface area contributed by atoms with Crippen LogP contribution >= 0.6 is 0 Å². The number of hydrogen-bond acceptors (Lipinski definition) is 3. The van der Waals surface area contributed by atoms with Gasteiger partial charge in [0.05, 0.1) is 6.10 Å². The molecule has 1 N–H and O–H groups in total. The Morgan fingerprint density at radius 1 is 1.12 bits per heavy atom. The van der Waals surface area contributed by atoms with Crippen molar-refractivity contribution in [3.8, 4) is 0 Å². The molecule has 0 aromatic rings. The highest BCUT2D eigenvalue weighted by molar-refractivity contribution is 5.95. The molecule has 4 rings (SSSR count). The second-order valence-electron chi connectivity index (χ2n) is 9.41. The fourth-order valence-corrected chi connectivity index (χ4v) is 7.05. The lowest BCUT2D eigenvalue weighted by atomic mass is 9.47. The summed E-state index contributed by atoms with van der Waals surface area (Å²) in [5.74, 6) is 1.59. The van der Waals surface area contributed by atoms with Crippen LogP contribution in [-0.2, 0) is 9.59 Å². The summed E-state index contributed by atoms with van der Waals surface area (Å²) in [6.45, 7) is 6.33. The van der Waals surface area contributed by atoms with Crippen LogP contribution in [0, 0.1) is 34.5 Å². The number of ketones is 2. The van der Waals surface area contributed by atoms with E-state index in [1.54, 1.807) is 6.92 Å². The lowest BCUT2D eigenvalue weighted by molar-refractivity contribution is -0.138. The number of carbonyl (C=O) groups excluding carboxylic acids is 2. The van der Waals surface area contributed by atoms with E-state index in [0.717, 1.165) is 38.5 Å². The molecule has 0 amide bonds. The number of allylic oxidation sites excluding steroid dienone is 1. The van der Waals surface area contributed by atoms with Crippen LogP contribution in [0.1, 0.15) is 65.7 Å². The van der Waals surface area contributed by atoms with Gasteiger partial charge in [-0.2, -0.15) is 0 Å². The molecule has 0 bridgehead atoms. The van der Waals surface area contributed by atoms with Gasteiger partial charge in [0.25, 0.3) is 0 Å². The Bertz CT molecular complexity index is 621. The molecule has 24 heavy (non-hydrogen) atoms. The highest BCUT2D eigenvalue weighted by Gasteiger charge is 2.61. The molecule has 3 saturated carbocycles. The van der Waals surface area contributed by atoms with Crippen molar-refractivity contribution in [3.63, 3.8) is 0 Å². The van der Waals surface area contributed by atoms with Crippen LogP contribution < -0.4 is 0 Å². The zero-order valence-corrected chi connectivity index (χ0v) is 15.2. The summed E-state index contributed by atoms with van der Waals surface area (Å²) in [7, 11) is 0. The van der Waals surface area contributed by atoms with Gasteiger partial charge in [-0.05, 0) is 80.6 Å². The highest BCUT2D eigenvalue weighted by atomic mass is 16.3. The second kappa shape index (κ2) is 5.27. The lowest BCUT2D eigenvalue weighted by Gasteiger charge is -2.57. The number of carbonyl (C=O) groups is 2. The molecule has 0 aliphatic heterocycles. The maximum Gasteiger partial charge on any atom is 0.159 e. The third-order valence-electron chi connectivity index (χ3n) is 8.41. The third-order valence-corrected chi connectivity index (χ3v) is 8.41. The summed E-state index contributed by atoms with van der Waals surface area (Å²) in [5, 5.41) is 10.0. The minimum absolute atomic E-state index is 0.0124. The molecule has 3 fully saturated rings. The molecule has 0 radical (unpaired) electrons. The molecule has 0 saturated heterocycles. The van der Waals surface area contributed by atoms with Crippen LogP contribution in [0.15, 0.2) is 11.6 Å². The summed E-state index contributed by atoms with van der Waals surface area (Å²) < 4.78 is 0. The average Bonchev–Trinajstić information content (AvgIpc) is 2.86. The van der Waals surface area contributed by atoms with E-state index in [0.29, 0.717) is 24.0 Å². The van der Waals surface area contributed by atoms with Gasteiger partial charge < -0.3 is 5.11 Å². The van der Waals surface area contributed by atoms with Crippen molar-refractivity contribution in [1.82, 2.24) is 0 Å². The van der Waals surface area contributed by atoms with Crippen LogP contribution in [0.4, 0.5) is 0 Å². The third kappa shape index (κ3) is 2.06. The van der Waals surface area contributed by atoms with E-state index in [2.05, 4.69) is 13.8 Å². The van der Waals surface area contributed by atoms with Gasteiger partial charge in [-0.3, -0.25) is 9.59 Å². The number of hydrogen-bond donors (Lipinski definition) is 1. The summed E-state index contributed by atoms with van der Waals surface area (Å²) in [6, 6.07) is 0. The first-order valence-corrected chi connectivity index (χ1v) is 9.71. The molecule has 3 nitrogen and oxygen atoms in total. The van der Waals surface area contributed by atoms with Crippen molar-refractivity contribution in [1.29, 1.82) is 0 Å². The Morgan fingerprint density at radius 2 is 1.88 bits per heavy atom. The molecule has 4 aliphatic carbocycles. The summed E-state index contributed by atoms with van der Waals surface area (Å²) in [5.41, 5.74) is 1.28. The fourth-order valence-electron chi connectivity index (χ4n) is 7.05. The van der Waals surface area contributed by atoms with Gasteiger partial charge in [-0.25, -0.2) is 0 Å². The molecule has 0 aromatic carbocycles. The van der Waals surface area contributed by atoms with E-state index in [-0.39, 0.29) is 34.6 Å². The predicted octanol–water partition coefficient (Wildman–Crippen LogP) is 3.69. The zero-order valence-electron chi connectivity index (χ0n) is 15.2. The smallest absolute Gasteiger partial charge is 0.159 e. The number of aliphatic hydroxyl groups is 1. The second-order valence-corrected chi connectivity index (χ2v) is 9.41. The Balaban J connectivity index is 1.73. The Labute approximate surface area is 144 Å². The average molecular weight is 330 g/mol. The minimum atomic E-state index is -0.281. The standard InChI is InChI=1S/C21H30O3/c1-12(22)15-4-5-16-19-17(7-9-21(15,16)3)20(2)8-6-14(23)10-13(20)11-18(19)24/h11,14-17,19,23H,4-10H2,1-3H3/t14?,15?,16-,17-,19-,20-,21+/m0/s1. The van der Waals surface area contributed by atoms with Crippen molar-refractivity contribution in [3.05, 3.63) is 11.6 Å². The number of aliphatic hydroxyl groups excluding tert-OH is 1. The van der Waals surface area contributed by atoms with Gasteiger partial charge in [0, 0.05) is 11.8 Å². The summed E-state index contributed by atoms with van der Waals surface area (Å²) >= 11 is 0. The molecule has 132 valence electrons. The van der Waals surface area contributed by atoms with E-state index in [4.69, 9.17) is 0 Å². The van der Waals surface area contributed by atoms with Crippen molar-refractivity contribution in [2.75, 3.05) is 0 Å². The Hall–Kier alpha value is -0.960. The SMILES string of the molecule is CC(=O)C1CC[C@H]2[C@@H]3C(=O)C=C4CC(O)CC[C@]4(C)[C@H]3CC[C@]12C. The summed E-state index contributed by atoms with van der Waals surface area (Å²) in [6.07, 6.45) is 8.22. The van der Waals surface area contributed by atoms with Gasteiger partial charge in [0.2, 0.25) is 0 Å². The molecule has 0 spiro atoms. The predicted molar refractivity (Wildman–Crippen MR) is 92.3 cm³/mol. The quantitative estimate of drug-likeness (QED) is 0.797. The largest absolute Gasteiger partial charge is 0.393 e. The van der Waals surface area contributed by atoms with E-state index in [9.17, 15) is 14.7 Å². The molecule has 0 heterocycles. The van der Waals surface area contributed by atoms with Crippen molar-refractivity contribution in [2.45, 2.75) is 71.8 Å². The van der Waals surface area contributed by atoms with E-state index in [1.165, 1.54) is 5.57 Å². The first-order chi connectivity index (χ1) is 11.3. The van der Waals surface area contributed by atoms with Crippen LogP contribution in [-0.4, -0.2) is 22.8 Å². The first-order valence-electron chi connectivity index (χ1n) is 9.71. The lowest BCUT2D eigenvalue weighted by Crippen LogP contribution is -2.53. The zero-order chi connectivity index (χ0) is 17.3. The fraction of sp³-hybridized carbons (Fsp3) is 0.810. The van der Waals surface area contributed by atoms with Gasteiger partial charge in [-0.15, -0.1) is 0 Å². The monoisotopic (exact) mass is 330 g/mol. The number of rotatable bonds is 1. The van der Waals surface area contributed by atoms with Gasteiger partial charge >= 0.3 is 0 Å². The van der Waals surface area contributed by atoms with E-state index in [1.807, 2.05) is 6.08 Å². The van der Waals surface area contributed by atoms with Crippen molar-refractivity contribution in [2.24, 2.45) is 34.5 Å². The topological polar surface area (TPSA) is 54.4 Å². The number of Topliss-reactive ketones (excluding diaryl/α,β-unsaturated/α-hetero) is 1. The number of fused-ring (bicyclic) bond motifs is 5. The summed E-state index contributed by atoms with van der Waals surface area (Å²) in [4.78, 5) is 25.2. The van der Waals surface area contributed by atoms with Crippen molar-refractivity contribution >= 4 is 11.6 Å². The maximum atomic E-state index is 13.1. The van der Waals surface area contributed by atoms with Gasteiger partial charge in [0.1, 0.15) is 5.78 Å². The molecular formula is C21H30O3. The minimum Gasteiger partial charge on any atom is -0.393 e. The normalized spacial score (nSPS) is 50.6. The molecular weight excluding hydrogens is 300 g/mol. The van der Waals surface area contributed by atoms with Crippen LogP contribution in [0.2, 0.25) is 0 Å². The van der Waals surface area contributed by atoms with E-state index >= 15 is 0 Å². The maximum absolute atomic E-state index is 13.1. The first kappa shape index (κ1) is 16.5. The molecule has 2 unspecified atom stereocenters. The molecule has 4 aliphatic rings. The van der Waals surface area contributed by atoms with Crippen LogP contribution in [0.3, 0.4) is 0 Å². The molecule has 0 aromatic heterocycles. The van der Waals surface area contributed by atoms with Crippen LogP contribution in [0.25, 0.3) is 0 Å². The highest BCUT2D eigenvalue weighted by Crippen LogP contribution is 2.65. The van der Waals surface area contributed by atoms with Crippen LogP contribution in [0.5, 0.6) is 0 Å². The van der Waals surface area contributed by atoms with E-state index < -0.39 is 0 Å². The Kier molecular flexibility index (Phi) is 3.62. The van der Waals surface area contributed by atoms with Gasteiger partial charge in [0.15, 0.2) is 5.78 Å². The van der Waals surface area contributed by atoms with Gasteiger partial charge in [-0.1, -0.05) is 19.4 Å². The Morgan fingerprint density at radius 3 is 2.58 bits per heavy atom.